The molecule has 3 heteroatoms. The molecule has 0 aliphatic carbocycles. The minimum atomic E-state index is -0.846. The molecule has 92 valence electrons. The summed E-state index contributed by atoms with van der Waals surface area (Å²) in [5, 5.41) is 12.4. The molecule has 1 aromatic rings. The standard InChI is InChI=1S/C14H19NO2/c1-10(13-6-3-7-15-9-13)11-4-2-5-12(8-11)14(16)17/h2,4-5,8,10,13,15H,3,6-7,9H2,1H3,(H,16,17). The van der Waals surface area contributed by atoms with E-state index in [0.29, 0.717) is 17.4 Å². The number of piperidine rings is 1. The van der Waals surface area contributed by atoms with Crippen LogP contribution in [0.5, 0.6) is 0 Å². The van der Waals surface area contributed by atoms with Gasteiger partial charge in [-0.1, -0.05) is 19.1 Å². The minimum absolute atomic E-state index is 0.387. The zero-order chi connectivity index (χ0) is 12.3. The van der Waals surface area contributed by atoms with E-state index in [9.17, 15) is 4.79 Å². The Morgan fingerprint density at radius 2 is 2.35 bits per heavy atom. The van der Waals surface area contributed by atoms with Gasteiger partial charge in [0.1, 0.15) is 0 Å². The van der Waals surface area contributed by atoms with Crippen molar-refractivity contribution >= 4 is 5.97 Å². The number of hydrogen-bond acceptors (Lipinski definition) is 2. The molecule has 2 rings (SSSR count). The quantitative estimate of drug-likeness (QED) is 0.843. The third-order valence-electron chi connectivity index (χ3n) is 3.70. The van der Waals surface area contributed by atoms with Gasteiger partial charge in [-0.3, -0.25) is 0 Å². The number of aromatic carboxylic acids is 1. The van der Waals surface area contributed by atoms with E-state index in [2.05, 4.69) is 12.2 Å². The molecule has 2 unspecified atom stereocenters. The molecule has 1 saturated heterocycles. The first-order chi connectivity index (χ1) is 8.18. The van der Waals surface area contributed by atoms with Crippen molar-refractivity contribution in [2.75, 3.05) is 13.1 Å². The number of rotatable bonds is 3. The molecular weight excluding hydrogens is 214 g/mol. The SMILES string of the molecule is CC(c1cccc(C(=O)O)c1)C1CCCNC1. The second-order valence-corrected chi connectivity index (χ2v) is 4.83. The van der Waals surface area contributed by atoms with Crippen LogP contribution in [-0.2, 0) is 0 Å². The van der Waals surface area contributed by atoms with Crippen molar-refractivity contribution in [3.8, 4) is 0 Å². The normalized spacial score (nSPS) is 22.1. The van der Waals surface area contributed by atoms with Crippen LogP contribution >= 0.6 is 0 Å². The van der Waals surface area contributed by atoms with E-state index in [0.717, 1.165) is 18.7 Å². The summed E-state index contributed by atoms with van der Waals surface area (Å²) in [7, 11) is 0. The molecule has 2 atom stereocenters. The predicted molar refractivity (Wildman–Crippen MR) is 67.4 cm³/mol. The van der Waals surface area contributed by atoms with E-state index < -0.39 is 5.97 Å². The lowest BCUT2D eigenvalue weighted by Crippen LogP contribution is -2.32. The highest BCUT2D eigenvalue weighted by molar-refractivity contribution is 5.87. The summed E-state index contributed by atoms with van der Waals surface area (Å²) in [6.45, 7) is 4.34. The van der Waals surface area contributed by atoms with Crippen LogP contribution in [0, 0.1) is 5.92 Å². The van der Waals surface area contributed by atoms with Crippen molar-refractivity contribution in [3.63, 3.8) is 0 Å². The third-order valence-corrected chi connectivity index (χ3v) is 3.70. The summed E-state index contributed by atoms with van der Waals surface area (Å²) < 4.78 is 0. The van der Waals surface area contributed by atoms with Gasteiger partial charge in [-0.25, -0.2) is 4.79 Å². The number of hydrogen-bond donors (Lipinski definition) is 2. The number of nitrogens with one attached hydrogen (secondary N) is 1. The maximum Gasteiger partial charge on any atom is 0.335 e. The zero-order valence-corrected chi connectivity index (χ0v) is 10.1. The Balaban J connectivity index is 2.14. The summed E-state index contributed by atoms with van der Waals surface area (Å²) in [4.78, 5) is 10.9. The number of carbonyl (C=O) groups is 1. The average molecular weight is 233 g/mol. The van der Waals surface area contributed by atoms with Gasteiger partial charge in [-0.15, -0.1) is 0 Å². The van der Waals surface area contributed by atoms with Crippen LogP contribution in [0.25, 0.3) is 0 Å². The number of benzene rings is 1. The molecular formula is C14H19NO2. The van der Waals surface area contributed by atoms with Crippen molar-refractivity contribution in [1.29, 1.82) is 0 Å². The second-order valence-electron chi connectivity index (χ2n) is 4.83. The van der Waals surface area contributed by atoms with Gasteiger partial charge in [0.05, 0.1) is 5.56 Å². The molecule has 1 aliphatic rings. The Morgan fingerprint density at radius 1 is 1.53 bits per heavy atom. The van der Waals surface area contributed by atoms with Crippen molar-refractivity contribution in [2.45, 2.75) is 25.7 Å². The van der Waals surface area contributed by atoms with E-state index in [1.807, 2.05) is 18.2 Å². The van der Waals surface area contributed by atoms with E-state index in [4.69, 9.17) is 5.11 Å². The van der Waals surface area contributed by atoms with Crippen LogP contribution in [0.1, 0.15) is 41.6 Å². The van der Waals surface area contributed by atoms with Crippen LogP contribution < -0.4 is 5.32 Å². The first-order valence-corrected chi connectivity index (χ1v) is 6.22. The number of carboxylic acid groups (broad SMARTS) is 1. The molecule has 0 spiro atoms. The van der Waals surface area contributed by atoms with Crippen LogP contribution in [0.15, 0.2) is 24.3 Å². The molecule has 1 heterocycles. The summed E-state index contributed by atoms with van der Waals surface area (Å²) in [6.07, 6.45) is 2.44. The summed E-state index contributed by atoms with van der Waals surface area (Å²) in [5.41, 5.74) is 1.52. The lowest BCUT2D eigenvalue weighted by atomic mass is 9.82. The van der Waals surface area contributed by atoms with Crippen molar-refractivity contribution in [2.24, 2.45) is 5.92 Å². The van der Waals surface area contributed by atoms with Gasteiger partial charge >= 0.3 is 5.97 Å². The van der Waals surface area contributed by atoms with Gasteiger partial charge in [0, 0.05) is 0 Å². The van der Waals surface area contributed by atoms with Crippen LogP contribution in [-0.4, -0.2) is 24.2 Å². The molecule has 3 nitrogen and oxygen atoms in total. The molecule has 0 saturated carbocycles. The van der Waals surface area contributed by atoms with Gasteiger partial charge in [0.25, 0.3) is 0 Å². The molecule has 1 fully saturated rings. The van der Waals surface area contributed by atoms with E-state index in [-0.39, 0.29) is 0 Å². The maximum absolute atomic E-state index is 10.9. The molecule has 0 radical (unpaired) electrons. The van der Waals surface area contributed by atoms with Gasteiger partial charge in [-0.2, -0.15) is 0 Å². The fourth-order valence-corrected chi connectivity index (χ4v) is 2.53. The lowest BCUT2D eigenvalue weighted by molar-refractivity contribution is 0.0696. The zero-order valence-electron chi connectivity index (χ0n) is 10.1. The van der Waals surface area contributed by atoms with E-state index in [1.165, 1.54) is 12.8 Å². The Bertz CT molecular complexity index is 397. The fourth-order valence-electron chi connectivity index (χ4n) is 2.53. The van der Waals surface area contributed by atoms with E-state index >= 15 is 0 Å². The van der Waals surface area contributed by atoms with Gasteiger partial charge in [0.2, 0.25) is 0 Å². The molecule has 0 bridgehead atoms. The van der Waals surface area contributed by atoms with Gasteiger partial charge < -0.3 is 10.4 Å². The van der Waals surface area contributed by atoms with Crippen LogP contribution in [0.4, 0.5) is 0 Å². The Kier molecular flexibility index (Phi) is 3.79. The Hall–Kier alpha value is -1.35. The molecule has 0 aromatic heterocycles. The smallest absolute Gasteiger partial charge is 0.335 e. The maximum atomic E-state index is 10.9. The molecule has 1 aliphatic heterocycles. The van der Waals surface area contributed by atoms with Gasteiger partial charge in [-0.05, 0) is 55.5 Å². The lowest BCUT2D eigenvalue weighted by Gasteiger charge is -2.28. The summed E-state index contributed by atoms with van der Waals surface area (Å²) in [6, 6.07) is 7.33. The highest BCUT2D eigenvalue weighted by Gasteiger charge is 2.21. The molecule has 2 N–H and O–H groups in total. The predicted octanol–water partition coefficient (Wildman–Crippen LogP) is 2.49. The van der Waals surface area contributed by atoms with Gasteiger partial charge in [0.15, 0.2) is 0 Å². The van der Waals surface area contributed by atoms with E-state index in [1.54, 1.807) is 6.07 Å². The largest absolute Gasteiger partial charge is 0.478 e. The first-order valence-electron chi connectivity index (χ1n) is 6.22. The van der Waals surface area contributed by atoms with Crippen LogP contribution in [0.3, 0.4) is 0 Å². The summed E-state index contributed by atoms with van der Waals surface area (Å²) in [5.74, 6) is 0.190. The molecule has 17 heavy (non-hydrogen) atoms. The first kappa shape index (κ1) is 12.1. The highest BCUT2D eigenvalue weighted by Crippen LogP contribution is 2.29. The van der Waals surface area contributed by atoms with Crippen molar-refractivity contribution in [3.05, 3.63) is 35.4 Å². The minimum Gasteiger partial charge on any atom is -0.478 e. The second kappa shape index (κ2) is 5.32. The Morgan fingerprint density at radius 3 is 3.00 bits per heavy atom. The number of carboxylic acids is 1. The summed E-state index contributed by atoms with van der Waals surface area (Å²) >= 11 is 0. The molecule has 1 aromatic carbocycles. The average Bonchev–Trinajstić information content (AvgIpc) is 2.39. The van der Waals surface area contributed by atoms with Crippen molar-refractivity contribution in [1.82, 2.24) is 5.32 Å². The fraction of sp³-hybridized carbons (Fsp3) is 0.500. The molecule has 0 amide bonds. The highest BCUT2D eigenvalue weighted by atomic mass is 16.4. The van der Waals surface area contributed by atoms with Crippen molar-refractivity contribution < 1.29 is 9.90 Å². The monoisotopic (exact) mass is 233 g/mol. The topological polar surface area (TPSA) is 49.3 Å². The third kappa shape index (κ3) is 2.86. The Labute approximate surface area is 102 Å². The van der Waals surface area contributed by atoms with Crippen LogP contribution in [0.2, 0.25) is 0 Å².